The molecular weight excluding hydrogens is 410 g/mol. The van der Waals surface area contributed by atoms with Gasteiger partial charge in [0.1, 0.15) is 12.4 Å². The summed E-state index contributed by atoms with van der Waals surface area (Å²) < 4.78 is 35.2. The first-order valence-electron chi connectivity index (χ1n) is 9.48. The van der Waals surface area contributed by atoms with Crippen molar-refractivity contribution in [1.29, 1.82) is 0 Å². The van der Waals surface area contributed by atoms with Crippen LogP contribution < -0.4 is 20.8 Å². The van der Waals surface area contributed by atoms with Gasteiger partial charge in [0.25, 0.3) is 5.91 Å². The second-order valence-corrected chi connectivity index (χ2v) is 8.47. The van der Waals surface area contributed by atoms with Crippen molar-refractivity contribution in [2.45, 2.75) is 25.3 Å². The predicted octanol–water partition coefficient (Wildman–Crippen LogP) is 0.824. The van der Waals surface area contributed by atoms with Crippen molar-refractivity contribution in [3.63, 3.8) is 0 Å². The van der Waals surface area contributed by atoms with Crippen LogP contribution in [0, 0.1) is 0 Å². The highest BCUT2D eigenvalue weighted by Crippen LogP contribution is 2.31. The van der Waals surface area contributed by atoms with E-state index in [1.165, 1.54) is 12.3 Å². The average Bonchev–Trinajstić information content (AvgIpc) is 2.70. The number of nitrogens with two attached hydrogens (primary N) is 1. The van der Waals surface area contributed by atoms with E-state index in [-0.39, 0.29) is 30.0 Å². The summed E-state index contributed by atoms with van der Waals surface area (Å²) in [5.74, 6) is 0.00282. The van der Waals surface area contributed by atoms with Crippen LogP contribution in [-0.4, -0.2) is 49.2 Å². The van der Waals surface area contributed by atoms with E-state index in [1.54, 1.807) is 29.2 Å². The Hall–Kier alpha value is -3.34. The van der Waals surface area contributed by atoms with E-state index in [2.05, 4.69) is 14.1 Å². The Labute approximate surface area is 172 Å². The second kappa shape index (κ2) is 7.82. The van der Waals surface area contributed by atoms with E-state index in [1.807, 2.05) is 0 Å². The number of fused-ring (bicyclic) bond motifs is 1. The minimum Gasteiger partial charge on any atom is -0.491 e. The van der Waals surface area contributed by atoms with Gasteiger partial charge in [0.2, 0.25) is 5.56 Å². The molecule has 158 valence electrons. The summed E-state index contributed by atoms with van der Waals surface area (Å²) in [6.07, 6.45) is 4.02. The largest absolute Gasteiger partial charge is 0.491 e. The molecule has 0 radical (unpaired) electrons. The van der Waals surface area contributed by atoms with Crippen LogP contribution in [0.4, 0.5) is 5.69 Å². The minimum atomic E-state index is -3.88. The molecule has 3 heterocycles. The van der Waals surface area contributed by atoms with Gasteiger partial charge in [0.05, 0.1) is 17.3 Å². The summed E-state index contributed by atoms with van der Waals surface area (Å²) in [7, 11) is -3.88. The monoisotopic (exact) mass is 431 g/mol. The Balaban J connectivity index is 1.54. The van der Waals surface area contributed by atoms with E-state index < -0.39 is 10.2 Å². The minimum absolute atomic E-state index is 0.153. The Bertz CT molecular complexity index is 1170. The molecule has 1 unspecified atom stereocenters. The summed E-state index contributed by atoms with van der Waals surface area (Å²) >= 11 is 0. The van der Waals surface area contributed by atoms with Gasteiger partial charge in [-0.2, -0.15) is 8.42 Å². The fraction of sp³-hybridized carbons (Fsp3) is 0.316. The molecule has 0 spiro atoms. The Morgan fingerprint density at radius 2 is 2.13 bits per heavy atom. The first-order chi connectivity index (χ1) is 14.3. The Morgan fingerprint density at radius 3 is 2.93 bits per heavy atom. The molecule has 30 heavy (non-hydrogen) atoms. The Kier molecular flexibility index (Phi) is 5.20. The number of carbonyl (C=O) groups is 1. The summed E-state index contributed by atoms with van der Waals surface area (Å²) in [6, 6.07) is 7.56. The number of benzene rings is 1. The lowest BCUT2D eigenvalue weighted by Crippen LogP contribution is -2.47. The van der Waals surface area contributed by atoms with Crippen molar-refractivity contribution in [3.05, 3.63) is 58.0 Å². The number of nitrogens with zero attached hydrogens (tertiary/aromatic N) is 2. The third kappa shape index (κ3) is 4.01. The number of H-pyrrole nitrogens is 1. The maximum absolute atomic E-state index is 12.9. The van der Waals surface area contributed by atoms with Gasteiger partial charge in [-0.15, -0.1) is 4.40 Å². The number of nitrogens with one attached hydrogen (secondary N) is 2. The predicted molar refractivity (Wildman–Crippen MR) is 111 cm³/mol. The molecular formula is C19H21N5O5S. The molecule has 4 N–H and O–H groups in total. The van der Waals surface area contributed by atoms with Crippen LogP contribution in [0.2, 0.25) is 0 Å². The number of ether oxygens (including phenoxy) is 1. The molecule has 1 fully saturated rings. The van der Waals surface area contributed by atoms with Crippen LogP contribution in [-0.2, 0) is 10.2 Å². The summed E-state index contributed by atoms with van der Waals surface area (Å²) in [6.45, 7) is 0.765. The summed E-state index contributed by atoms with van der Waals surface area (Å²) in [5.41, 5.74) is 6.51. The Morgan fingerprint density at radius 1 is 1.30 bits per heavy atom. The van der Waals surface area contributed by atoms with E-state index >= 15 is 0 Å². The fourth-order valence-electron chi connectivity index (χ4n) is 3.71. The second-order valence-electron chi connectivity index (χ2n) is 7.13. The summed E-state index contributed by atoms with van der Waals surface area (Å²) in [4.78, 5) is 28.7. The van der Waals surface area contributed by atoms with Gasteiger partial charge in [-0.25, -0.2) is 0 Å². The molecule has 0 saturated carbocycles. The van der Waals surface area contributed by atoms with E-state index in [9.17, 15) is 18.0 Å². The van der Waals surface area contributed by atoms with Gasteiger partial charge in [0, 0.05) is 24.4 Å². The molecule has 2 aromatic rings. The fourth-order valence-corrected chi connectivity index (χ4v) is 4.55. The van der Waals surface area contributed by atoms with Gasteiger partial charge < -0.3 is 20.4 Å². The standard InChI is InChI=1S/C19H21N5O5S/c20-18-17-14(22-30(27,28)23-18)5-3-6-15(17)29-11-13-4-1-2-9-24(13)19(26)12-7-8-21-16(25)10-12/h3,5-8,10,13,22H,1-2,4,9,11H2,(H2,20,23)(H,21,25). The number of carbonyl (C=O) groups excluding carboxylic acids is 1. The molecule has 1 atom stereocenters. The molecule has 1 saturated heterocycles. The highest BCUT2D eigenvalue weighted by atomic mass is 32.2. The zero-order chi connectivity index (χ0) is 21.3. The number of hydrogen-bond donors (Lipinski definition) is 3. The van der Waals surface area contributed by atoms with Crippen molar-refractivity contribution in [2.75, 3.05) is 17.9 Å². The smallest absolute Gasteiger partial charge is 0.344 e. The molecule has 1 amide bonds. The number of pyridine rings is 1. The van der Waals surface area contributed by atoms with Gasteiger partial charge in [-0.3, -0.25) is 14.3 Å². The van der Waals surface area contributed by atoms with Crippen LogP contribution in [0.25, 0.3) is 0 Å². The molecule has 2 aliphatic heterocycles. The zero-order valence-electron chi connectivity index (χ0n) is 16.0. The number of hydrogen-bond acceptors (Lipinski definition) is 6. The van der Waals surface area contributed by atoms with E-state index in [0.29, 0.717) is 29.1 Å². The van der Waals surface area contributed by atoms with Crippen molar-refractivity contribution < 1.29 is 17.9 Å². The number of anilines is 1. The van der Waals surface area contributed by atoms with E-state index in [4.69, 9.17) is 10.5 Å². The number of aromatic amines is 1. The molecule has 1 aromatic carbocycles. The number of amides is 1. The van der Waals surface area contributed by atoms with Gasteiger partial charge in [0.15, 0.2) is 5.84 Å². The van der Waals surface area contributed by atoms with Crippen LogP contribution in [0.3, 0.4) is 0 Å². The van der Waals surface area contributed by atoms with Gasteiger partial charge >= 0.3 is 10.2 Å². The molecule has 2 aliphatic rings. The van der Waals surface area contributed by atoms with E-state index in [0.717, 1.165) is 19.3 Å². The first-order valence-corrected chi connectivity index (χ1v) is 10.9. The highest BCUT2D eigenvalue weighted by Gasteiger charge is 2.29. The number of amidine groups is 1. The number of aromatic nitrogens is 1. The maximum Gasteiger partial charge on any atom is 0.344 e. The van der Waals surface area contributed by atoms with Crippen molar-refractivity contribution >= 4 is 27.6 Å². The van der Waals surface area contributed by atoms with Gasteiger partial charge in [-0.05, 0) is 37.5 Å². The molecule has 4 rings (SSSR count). The van der Waals surface area contributed by atoms with Crippen LogP contribution in [0.15, 0.2) is 45.7 Å². The highest BCUT2D eigenvalue weighted by molar-refractivity contribution is 7.91. The third-order valence-corrected chi connectivity index (χ3v) is 6.00. The number of rotatable bonds is 4. The average molecular weight is 431 g/mol. The normalized spacial score (nSPS) is 19.9. The first kappa shape index (κ1) is 20.0. The summed E-state index contributed by atoms with van der Waals surface area (Å²) in [5, 5.41) is 0. The van der Waals surface area contributed by atoms with Crippen LogP contribution in [0.5, 0.6) is 5.75 Å². The quantitative estimate of drug-likeness (QED) is 0.653. The van der Waals surface area contributed by atoms with Crippen molar-refractivity contribution in [2.24, 2.45) is 10.1 Å². The molecule has 0 bridgehead atoms. The molecule has 1 aromatic heterocycles. The van der Waals surface area contributed by atoms with Crippen molar-refractivity contribution in [1.82, 2.24) is 9.88 Å². The van der Waals surface area contributed by atoms with Gasteiger partial charge in [-0.1, -0.05) is 6.07 Å². The van der Waals surface area contributed by atoms with Crippen LogP contribution >= 0.6 is 0 Å². The lowest BCUT2D eigenvalue weighted by molar-refractivity contribution is 0.0528. The lowest BCUT2D eigenvalue weighted by atomic mass is 10.0. The van der Waals surface area contributed by atoms with Crippen molar-refractivity contribution in [3.8, 4) is 5.75 Å². The lowest BCUT2D eigenvalue weighted by Gasteiger charge is -2.35. The zero-order valence-corrected chi connectivity index (χ0v) is 16.8. The molecule has 0 aliphatic carbocycles. The third-order valence-electron chi connectivity index (χ3n) is 5.08. The molecule has 10 nitrogen and oxygen atoms in total. The SMILES string of the molecule is NC1=NS(=O)(=O)Nc2cccc(OCC3CCCCN3C(=O)c3cc[nH]c(=O)c3)c21. The topological polar surface area (TPSA) is 147 Å². The number of piperidine rings is 1. The van der Waals surface area contributed by atoms with Crippen LogP contribution in [0.1, 0.15) is 35.2 Å². The maximum atomic E-state index is 12.9. The molecule has 11 heteroatoms. The number of likely N-dealkylation sites (tertiary alicyclic amines) is 1.